The number of anilines is 1. The third kappa shape index (κ3) is 5.29. The molecule has 6 rings (SSSR count). The Labute approximate surface area is 217 Å². The maximum atomic E-state index is 6.36. The van der Waals surface area contributed by atoms with Crippen LogP contribution in [0.25, 0.3) is 22.3 Å². The summed E-state index contributed by atoms with van der Waals surface area (Å²) in [5, 5.41) is 9.31. The van der Waals surface area contributed by atoms with Crippen molar-refractivity contribution in [3.8, 4) is 22.8 Å². The minimum Gasteiger partial charge on any atom is -0.457 e. The second kappa shape index (κ2) is 10.8. The summed E-state index contributed by atoms with van der Waals surface area (Å²) in [4.78, 5) is 14.0. The molecule has 3 N–H and O–H groups in total. The highest BCUT2D eigenvalue weighted by molar-refractivity contribution is 5.98. The van der Waals surface area contributed by atoms with Crippen molar-refractivity contribution in [1.29, 1.82) is 0 Å². The van der Waals surface area contributed by atoms with E-state index < -0.39 is 0 Å². The normalized spacial score (nSPS) is 17.8. The molecule has 4 heterocycles. The zero-order valence-electron chi connectivity index (χ0n) is 21.1. The van der Waals surface area contributed by atoms with Gasteiger partial charge in [0.2, 0.25) is 0 Å². The highest BCUT2D eigenvalue weighted by Gasteiger charge is 2.26. The first-order valence-electron chi connectivity index (χ1n) is 13.2. The molecule has 0 saturated carbocycles. The van der Waals surface area contributed by atoms with E-state index in [2.05, 4.69) is 29.8 Å². The molecule has 2 aliphatic heterocycles. The molecule has 2 aliphatic rings. The van der Waals surface area contributed by atoms with Crippen molar-refractivity contribution in [2.24, 2.45) is 0 Å². The van der Waals surface area contributed by atoms with Crippen LogP contribution in [0.15, 0.2) is 60.9 Å². The van der Waals surface area contributed by atoms with E-state index in [1.165, 1.54) is 0 Å². The molecule has 0 spiro atoms. The molecule has 9 heteroatoms. The number of piperazine rings is 1. The largest absolute Gasteiger partial charge is 0.457 e. The molecule has 0 bridgehead atoms. The second-order valence-electron chi connectivity index (χ2n) is 9.85. The summed E-state index contributed by atoms with van der Waals surface area (Å²) in [5.74, 6) is 2.04. The van der Waals surface area contributed by atoms with Crippen molar-refractivity contribution in [1.82, 2.24) is 34.9 Å². The van der Waals surface area contributed by atoms with Crippen LogP contribution in [0.4, 0.5) is 5.82 Å². The number of piperidine rings is 1. The number of nitrogens with one attached hydrogen (secondary N) is 1. The quantitative estimate of drug-likeness (QED) is 0.400. The van der Waals surface area contributed by atoms with E-state index in [0.29, 0.717) is 11.9 Å². The van der Waals surface area contributed by atoms with Gasteiger partial charge in [-0.25, -0.2) is 14.6 Å². The summed E-state index contributed by atoms with van der Waals surface area (Å²) < 4.78 is 8.05. The van der Waals surface area contributed by atoms with Gasteiger partial charge < -0.3 is 20.7 Å². The van der Waals surface area contributed by atoms with E-state index >= 15 is 0 Å². The first-order chi connectivity index (χ1) is 18.2. The predicted octanol–water partition coefficient (Wildman–Crippen LogP) is 3.41. The van der Waals surface area contributed by atoms with Crippen molar-refractivity contribution in [3.63, 3.8) is 0 Å². The van der Waals surface area contributed by atoms with Crippen molar-refractivity contribution >= 4 is 16.9 Å². The number of rotatable bonds is 7. The number of nitrogens with two attached hydrogens (primary N) is 1. The van der Waals surface area contributed by atoms with E-state index in [9.17, 15) is 0 Å². The van der Waals surface area contributed by atoms with Crippen LogP contribution < -0.4 is 15.8 Å². The SMILES string of the molecule is Nc1ncnc2c1c(-c1ccc(Oc3ccccc3)cc1)nn2C1CCN(CCN2CCNCC2)CC1. The summed E-state index contributed by atoms with van der Waals surface area (Å²) in [6, 6.07) is 18.0. The first-order valence-corrected chi connectivity index (χ1v) is 13.2. The molecule has 0 aliphatic carbocycles. The highest BCUT2D eigenvalue weighted by Crippen LogP contribution is 2.35. The third-order valence-corrected chi connectivity index (χ3v) is 7.47. The van der Waals surface area contributed by atoms with E-state index in [0.717, 1.165) is 99.0 Å². The zero-order chi connectivity index (χ0) is 25.0. The Hall–Kier alpha value is -3.53. The van der Waals surface area contributed by atoms with Crippen molar-refractivity contribution in [2.75, 3.05) is 58.1 Å². The number of hydrogen-bond donors (Lipinski definition) is 2. The van der Waals surface area contributed by atoms with Crippen LogP contribution in [-0.2, 0) is 0 Å². The molecule has 4 aromatic rings. The van der Waals surface area contributed by atoms with Gasteiger partial charge in [0.25, 0.3) is 0 Å². The Morgan fingerprint density at radius 2 is 1.51 bits per heavy atom. The zero-order valence-corrected chi connectivity index (χ0v) is 21.1. The lowest BCUT2D eigenvalue weighted by atomic mass is 10.1. The number of nitrogen functional groups attached to an aromatic ring is 1. The molecule has 2 aromatic heterocycles. The number of ether oxygens (including phenoxy) is 1. The lowest BCUT2D eigenvalue weighted by Crippen LogP contribution is -2.47. The number of likely N-dealkylation sites (tertiary alicyclic amines) is 1. The molecular formula is C28H34N8O. The molecule has 2 aromatic carbocycles. The third-order valence-electron chi connectivity index (χ3n) is 7.47. The number of fused-ring (bicyclic) bond motifs is 1. The van der Waals surface area contributed by atoms with Gasteiger partial charge >= 0.3 is 0 Å². The Balaban J connectivity index is 1.18. The maximum Gasteiger partial charge on any atom is 0.164 e. The number of nitrogens with zero attached hydrogens (tertiary/aromatic N) is 6. The molecule has 192 valence electrons. The lowest BCUT2D eigenvalue weighted by molar-refractivity contribution is 0.148. The van der Waals surface area contributed by atoms with Crippen LogP contribution >= 0.6 is 0 Å². The van der Waals surface area contributed by atoms with Gasteiger partial charge in [0.15, 0.2) is 5.65 Å². The van der Waals surface area contributed by atoms with Crippen molar-refractivity contribution in [3.05, 3.63) is 60.9 Å². The molecule has 37 heavy (non-hydrogen) atoms. The standard InChI is InChI=1S/C28H34N8O/c29-27-25-26(21-6-8-24(9-7-21)37-23-4-2-1-3-5-23)33-36(28(25)32-20-31-27)22-10-14-34(15-11-22)18-19-35-16-12-30-13-17-35/h1-9,20,22,30H,10-19H2,(H2,29,31,32). The van der Waals surface area contributed by atoms with Crippen molar-refractivity contribution < 1.29 is 4.74 Å². The van der Waals surface area contributed by atoms with Crippen LogP contribution in [0.2, 0.25) is 0 Å². The average molecular weight is 499 g/mol. The van der Waals surface area contributed by atoms with Gasteiger partial charge in [0, 0.05) is 57.9 Å². The molecule has 0 radical (unpaired) electrons. The first kappa shape index (κ1) is 23.8. The van der Waals surface area contributed by atoms with E-state index in [4.69, 9.17) is 15.6 Å². The monoisotopic (exact) mass is 498 g/mol. The summed E-state index contributed by atoms with van der Waals surface area (Å²) >= 11 is 0. The van der Waals surface area contributed by atoms with Crippen LogP contribution in [-0.4, -0.2) is 81.9 Å². The Morgan fingerprint density at radius 1 is 0.838 bits per heavy atom. The number of para-hydroxylation sites is 1. The minimum absolute atomic E-state index is 0.293. The van der Waals surface area contributed by atoms with E-state index in [-0.39, 0.29) is 0 Å². The van der Waals surface area contributed by atoms with Gasteiger partial charge in [0.05, 0.1) is 11.4 Å². The van der Waals surface area contributed by atoms with Crippen LogP contribution in [0.3, 0.4) is 0 Å². The van der Waals surface area contributed by atoms with Gasteiger partial charge in [-0.1, -0.05) is 18.2 Å². The fraction of sp³-hybridized carbons (Fsp3) is 0.393. The van der Waals surface area contributed by atoms with E-state index in [1.807, 2.05) is 54.6 Å². The predicted molar refractivity (Wildman–Crippen MR) is 146 cm³/mol. The molecule has 0 unspecified atom stereocenters. The van der Waals surface area contributed by atoms with Crippen LogP contribution in [0, 0.1) is 0 Å². The summed E-state index contributed by atoms with van der Waals surface area (Å²) in [6.07, 6.45) is 3.64. The van der Waals surface area contributed by atoms with Crippen molar-refractivity contribution in [2.45, 2.75) is 18.9 Å². The van der Waals surface area contributed by atoms with Crippen LogP contribution in [0.5, 0.6) is 11.5 Å². The van der Waals surface area contributed by atoms with Crippen LogP contribution in [0.1, 0.15) is 18.9 Å². The second-order valence-corrected chi connectivity index (χ2v) is 9.85. The number of hydrogen-bond acceptors (Lipinski definition) is 8. The fourth-order valence-corrected chi connectivity index (χ4v) is 5.36. The Kier molecular flexibility index (Phi) is 6.98. The smallest absolute Gasteiger partial charge is 0.164 e. The van der Waals surface area contributed by atoms with E-state index in [1.54, 1.807) is 6.33 Å². The van der Waals surface area contributed by atoms with Gasteiger partial charge in [-0.2, -0.15) is 5.10 Å². The Bertz CT molecular complexity index is 1310. The Morgan fingerprint density at radius 3 is 2.24 bits per heavy atom. The number of aromatic nitrogens is 4. The number of benzene rings is 2. The summed E-state index contributed by atoms with van der Waals surface area (Å²) in [5.41, 5.74) is 8.96. The molecule has 0 atom stereocenters. The minimum atomic E-state index is 0.293. The molecule has 2 fully saturated rings. The topological polar surface area (TPSA) is 97.4 Å². The lowest BCUT2D eigenvalue weighted by Gasteiger charge is -2.34. The summed E-state index contributed by atoms with van der Waals surface area (Å²) in [7, 11) is 0. The van der Waals surface area contributed by atoms with Gasteiger partial charge in [-0.15, -0.1) is 0 Å². The maximum absolute atomic E-state index is 6.36. The molecule has 0 amide bonds. The van der Waals surface area contributed by atoms with Gasteiger partial charge in [-0.3, -0.25) is 4.90 Å². The van der Waals surface area contributed by atoms with Gasteiger partial charge in [0.1, 0.15) is 29.3 Å². The molecular weight excluding hydrogens is 464 g/mol. The average Bonchev–Trinajstić information content (AvgIpc) is 3.35. The fourth-order valence-electron chi connectivity index (χ4n) is 5.36. The summed E-state index contributed by atoms with van der Waals surface area (Å²) in [6.45, 7) is 8.92. The molecule has 2 saturated heterocycles. The van der Waals surface area contributed by atoms with Gasteiger partial charge in [-0.05, 0) is 49.2 Å². The molecule has 9 nitrogen and oxygen atoms in total. The highest BCUT2D eigenvalue weighted by atomic mass is 16.5.